The first-order valence-corrected chi connectivity index (χ1v) is 9.33. The third-order valence-electron chi connectivity index (χ3n) is 4.19. The van der Waals surface area contributed by atoms with Crippen molar-refractivity contribution in [3.05, 3.63) is 64.7 Å². The lowest BCUT2D eigenvalue weighted by molar-refractivity contribution is -0.116. The fraction of sp³-hybridized carbons (Fsp3) is 0.211. The van der Waals surface area contributed by atoms with Gasteiger partial charge < -0.3 is 4.74 Å². The molecule has 1 unspecified atom stereocenters. The van der Waals surface area contributed by atoms with Crippen molar-refractivity contribution < 1.29 is 9.53 Å². The van der Waals surface area contributed by atoms with E-state index in [2.05, 4.69) is 10.4 Å². The van der Waals surface area contributed by atoms with E-state index in [0.717, 1.165) is 27.6 Å². The van der Waals surface area contributed by atoms with Gasteiger partial charge in [-0.2, -0.15) is 0 Å². The fourth-order valence-corrected chi connectivity index (χ4v) is 3.63. The number of methoxy groups -OCH3 is 1. The number of amidine groups is 1. The minimum atomic E-state index is -0.423. The molecule has 1 atom stereocenters. The second-order valence-corrected chi connectivity index (χ2v) is 7.03. The monoisotopic (exact) mass is 366 g/mol. The lowest BCUT2D eigenvalue weighted by atomic mass is 10.1. The molecule has 0 aliphatic carbocycles. The van der Waals surface area contributed by atoms with Gasteiger partial charge in [-0.3, -0.25) is 15.1 Å². The Morgan fingerprint density at radius 1 is 1.23 bits per heavy atom. The van der Waals surface area contributed by atoms with Gasteiger partial charge in [-0.15, -0.1) is 5.10 Å². The molecule has 1 N–H and O–H groups in total. The van der Waals surface area contributed by atoms with Gasteiger partial charge >= 0.3 is 0 Å². The molecule has 2 aromatic carbocycles. The number of amides is 1. The summed E-state index contributed by atoms with van der Waals surface area (Å²) in [7, 11) is 1.63. The molecule has 1 amide bonds. The Labute approximate surface area is 155 Å². The number of para-hydroxylation sites is 1. The normalized spacial score (nSPS) is 18.3. The van der Waals surface area contributed by atoms with E-state index in [1.807, 2.05) is 55.5 Å². The van der Waals surface area contributed by atoms with Crippen LogP contribution in [-0.2, 0) is 4.79 Å². The summed E-state index contributed by atoms with van der Waals surface area (Å²) < 4.78 is 5.35. The number of fused-ring (bicyclic) bond motifs is 2. The molecule has 6 nitrogen and oxygen atoms in total. The number of nitrogens with zero attached hydrogens (tertiary/aromatic N) is 3. The molecule has 2 aliphatic heterocycles. The van der Waals surface area contributed by atoms with Gasteiger partial charge in [0.25, 0.3) is 5.91 Å². The number of rotatable bonds is 3. The molecule has 0 saturated carbocycles. The van der Waals surface area contributed by atoms with Crippen LogP contribution in [-0.4, -0.2) is 28.9 Å². The van der Waals surface area contributed by atoms with Crippen LogP contribution in [0.1, 0.15) is 18.7 Å². The van der Waals surface area contributed by atoms with Crippen molar-refractivity contribution in [3.8, 4) is 5.75 Å². The molecule has 0 bridgehead atoms. The molecule has 2 aliphatic rings. The summed E-state index contributed by atoms with van der Waals surface area (Å²) in [6, 6.07) is 15.3. The van der Waals surface area contributed by atoms with Crippen LogP contribution >= 0.6 is 11.8 Å². The summed E-state index contributed by atoms with van der Waals surface area (Å²) in [6.45, 7) is 2.02. The molecular formula is C19H18N4O2S. The summed E-state index contributed by atoms with van der Waals surface area (Å²) in [5.41, 5.74) is 1.43. The fourth-order valence-electron chi connectivity index (χ4n) is 3.05. The maximum absolute atomic E-state index is 12.8. The molecule has 0 aromatic heterocycles. The minimum absolute atomic E-state index is 0.161. The summed E-state index contributed by atoms with van der Waals surface area (Å²) >= 11 is 1.49. The van der Waals surface area contributed by atoms with Crippen molar-refractivity contribution in [1.82, 2.24) is 10.3 Å². The Bertz CT molecular complexity index is 1020. The molecule has 132 valence electrons. The number of carbonyl (C=O) groups is 1. The summed E-state index contributed by atoms with van der Waals surface area (Å²) in [6.07, 6.45) is -0.423. The maximum Gasteiger partial charge on any atom is 0.276 e. The predicted octanol–water partition coefficient (Wildman–Crippen LogP) is 1.59. The van der Waals surface area contributed by atoms with Gasteiger partial charge in [0.05, 0.1) is 12.5 Å². The molecule has 4 rings (SSSR count). The van der Waals surface area contributed by atoms with Gasteiger partial charge in [-0.05, 0) is 24.0 Å². The van der Waals surface area contributed by atoms with Crippen molar-refractivity contribution in [1.29, 1.82) is 0 Å². The van der Waals surface area contributed by atoms with Crippen molar-refractivity contribution in [3.63, 3.8) is 0 Å². The quantitative estimate of drug-likeness (QED) is 0.896. The summed E-state index contributed by atoms with van der Waals surface area (Å²) in [5.74, 6) is 1.40. The second-order valence-electron chi connectivity index (χ2n) is 5.78. The average Bonchev–Trinajstić information content (AvgIpc) is 2.67. The Morgan fingerprint density at radius 3 is 2.88 bits per heavy atom. The number of benzene rings is 2. The Hall–Kier alpha value is -2.80. The minimum Gasteiger partial charge on any atom is -0.497 e. The number of nitrogens with one attached hydrogen (secondary N) is 1. The number of thioether (sulfide) groups is 1. The van der Waals surface area contributed by atoms with Crippen LogP contribution < -0.4 is 20.6 Å². The van der Waals surface area contributed by atoms with Crippen molar-refractivity contribution in [2.24, 2.45) is 10.1 Å². The molecule has 0 saturated heterocycles. The second kappa shape index (κ2) is 6.84. The van der Waals surface area contributed by atoms with Crippen LogP contribution in [0.15, 0.2) is 58.6 Å². The van der Waals surface area contributed by atoms with Gasteiger partial charge in [-0.25, -0.2) is 5.01 Å². The van der Waals surface area contributed by atoms with E-state index in [4.69, 9.17) is 9.73 Å². The average molecular weight is 366 g/mol. The Kier molecular flexibility index (Phi) is 4.38. The van der Waals surface area contributed by atoms with Crippen LogP contribution in [0.25, 0.3) is 5.70 Å². The number of carbonyl (C=O) groups excluding carboxylic acids is 1. The van der Waals surface area contributed by atoms with E-state index in [1.165, 1.54) is 11.8 Å². The van der Waals surface area contributed by atoms with Crippen LogP contribution in [0.3, 0.4) is 0 Å². The summed E-state index contributed by atoms with van der Waals surface area (Å²) in [4.78, 5) is 17.7. The van der Waals surface area contributed by atoms with Crippen molar-refractivity contribution in [2.75, 3.05) is 12.9 Å². The highest BCUT2D eigenvalue weighted by atomic mass is 32.2. The number of hydrazone groups is 1. The van der Waals surface area contributed by atoms with Crippen LogP contribution in [0.2, 0.25) is 0 Å². The molecule has 2 aromatic rings. The van der Waals surface area contributed by atoms with Gasteiger partial charge in [-0.1, -0.05) is 49.0 Å². The largest absolute Gasteiger partial charge is 0.497 e. The smallest absolute Gasteiger partial charge is 0.276 e. The van der Waals surface area contributed by atoms with Crippen LogP contribution in [0.4, 0.5) is 0 Å². The number of hydrogen-bond acceptors (Lipinski definition) is 6. The first-order chi connectivity index (χ1) is 12.7. The van der Waals surface area contributed by atoms with E-state index in [9.17, 15) is 4.79 Å². The first-order valence-electron chi connectivity index (χ1n) is 8.34. The Morgan fingerprint density at radius 2 is 2.08 bits per heavy atom. The molecule has 0 spiro atoms. The molecule has 0 radical (unpaired) electrons. The van der Waals surface area contributed by atoms with Crippen LogP contribution in [0, 0.1) is 0 Å². The first kappa shape index (κ1) is 16.7. The van der Waals surface area contributed by atoms with Gasteiger partial charge in [0.15, 0.2) is 11.3 Å². The van der Waals surface area contributed by atoms with E-state index in [1.54, 1.807) is 12.1 Å². The van der Waals surface area contributed by atoms with E-state index < -0.39 is 6.17 Å². The Balaban J connectivity index is 1.93. The van der Waals surface area contributed by atoms with Gasteiger partial charge in [0.1, 0.15) is 11.4 Å². The zero-order valence-corrected chi connectivity index (χ0v) is 15.3. The highest BCUT2D eigenvalue weighted by Crippen LogP contribution is 2.32. The van der Waals surface area contributed by atoms with Gasteiger partial charge in [0.2, 0.25) is 0 Å². The van der Waals surface area contributed by atoms with E-state index in [-0.39, 0.29) is 5.91 Å². The van der Waals surface area contributed by atoms with E-state index in [0.29, 0.717) is 10.9 Å². The van der Waals surface area contributed by atoms with Crippen molar-refractivity contribution in [2.45, 2.75) is 13.1 Å². The third kappa shape index (κ3) is 2.84. The highest BCUT2D eigenvalue weighted by Gasteiger charge is 2.34. The SMILES string of the molecule is CCSC1=NN2C(=c3ccccc3=NC2c2cccc(OC)c2)C(=O)N1. The predicted molar refractivity (Wildman–Crippen MR) is 102 cm³/mol. The van der Waals surface area contributed by atoms with Crippen molar-refractivity contribution >= 4 is 28.5 Å². The lowest BCUT2D eigenvalue weighted by Crippen LogP contribution is -2.50. The molecule has 7 heteroatoms. The molecular weight excluding hydrogens is 348 g/mol. The van der Waals surface area contributed by atoms with Gasteiger partial charge in [0, 0.05) is 10.8 Å². The van der Waals surface area contributed by atoms with E-state index >= 15 is 0 Å². The standard InChI is InChI=1S/C19H18N4O2S/c1-3-26-19-21-18(24)16-14-9-4-5-10-15(14)20-17(23(16)22-19)12-7-6-8-13(11-12)25-2/h4-11,17H,3H2,1-2H3,(H,21,22,24). The zero-order chi connectivity index (χ0) is 18.1. The molecule has 0 fully saturated rings. The van der Waals surface area contributed by atoms with Crippen LogP contribution in [0.5, 0.6) is 5.75 Å². The topological polar surface area (TPSA) is 66.3 Å². The maximum atomic E-state index is 12.8. The highest BCUT2D eigenvalue weighted by molar-refractivity contribution is 8.13. The molecule has 26 heavy (non-hydrogen) atoms. The number of ether oxygens (including phenoxy) is 1. The molecule has 2 heterocycles. The summed E-state index contributed by atoms with van der Waals surface area (Å²) in [5, 5.41) is 11.4. The number of hydrogen-bond donors (Lipinski definition) is 1. The zero-order valence-electron chi connectivity index (χ0n) is 14.5. The third-order valence-corrected chi connectivity index (χ3v) is 4.93. The lowest BCUT2D eigenvalue weighted by Gasteiger charge is -2.34.